The number of pyridine rings is 1. The molecule has 4 heterocycles. The molecule has 2 aromatic rings. The number of rotatable bonds is 6. The third kappa shape index (κ3) is 5.57. The van der Waals surface area contributed by atoms with Crippen molar-refractivity contribution < 1.29 is 22.7 Å². The second kappa shape index (κ2) is 10.1. The molecular formula is C23H29F3N6O2. The average molecular weight is 479 g/mol. The van der Waals surface area contributed by atoms with Gasteiger partial charge in [-0.05, 0) is 37.8 Å². The zero-order valence-corrected chi connectivity index (χ0v) is 19.3. The van der Waals surface area contributed by atoms with Gasteiger partial charge in [0.15, 0.2) is 0 Å². The first-order valence-corrected chi connectivity index (χ1v) is 11.4. The fourth-order valence-electron chi connectivity index (χ4n) is 4.62. The number of anilines is 3. The molecule has 34 heavy (non-hydrogen) atoms. The summed E-state index contributed by atoms with van der Waals surface area (Å²) in [6, 6.07) is 3.82. The molecule has 0 spiro atoms. The number of amides is 1. The van der Waals surface area contributed by atoms with Crippen LogP contribution in [0.1, 0.15) is 49.8 Å². The first-order valence-electron chi connectivity index (χ1n) is 11.4. The second-order valence-corrected chi connectivity index (χ2v) is 8.76. The number of carbonyl (C=O) groups excluding carboxylic acids is 1. The monoisotopic (exact) mass is 478 g/mol. The second-order valence-electron chi connectivity index (χ2n) is 8.76. The summed E-state index contributed by atoms with van der Waals surface area (Å²) >= 11 is 0. The number of likely N-dealkylation sites (tertiary alicyclic amines) is 1. The Kier molecular flexibility index (Phi) is 7.20. The number of nitrogens with zero attached hydrogens (tertiary/aromatic N) is 5. The van der Waals surface area contributed by atoms with Gasteiger partial charge >= 0.3 is 6.18 Å². The van der Waals surface area contributed by atoms with E-state index in [4.69, 9.17) is 9.72 Å². The fourth-order valence-corrected chi connectivity index (χ4v) is 4.62. The van der Waals surface area contributed by atoms with Crippen LogP contribution in [0.4, 0.5) is 30.8 Å². The first kappa shape index (κ1) is 24.2. The molecule has 11 heteroatoms. The van der Waals surface area contributed by atoms with Crippen LogP contribution in [0.5, 0.6) is 0 Å². The van der Waals surface area contributed by atoms with Gasteiger partial charge in [0.1, 0.15) is 11.6 Å². The van der Waals surface area contributed by atoms with E-state index in [1.165, 1.54) is 0 Å². The van der Waals surface area contributed by atoms with Crippen LogP contribution in [-0.4, -0.2) is 65.2 Å². The maximum atomic E-state index is 13.2. The summed E-state index contributed by atoms with van der Waals surface area (Å²) < 4.78 is 44.8. The molecule has 0 aliphatic carbocycles. The Balaban J connectivity index is 1.64. The molecule has 0 bridgehead atoms. The number of alkyl halides is 3. The van der Waals surface area contributed by atoms with Crippen LogP contribution in [-0.2, 0) is 15.7 Å². The number of hydrogen-bond donors (Lipinski definition) is 1. The molecule has 4 rings (SSSR count). The summed E-state index contributed by atoms with van der Waals surface area (Å²) in [6.45, 7) is 4.18. The number of methoxy groups -OCH3 is 1. The highest BCUT2D eigenvalue weighted by Crippen LogP contribution is 2.33. The number of halogens is 3. The van der Waals surface area contributed by atoms with Gasteiger partial charge in [0.05, 0.1) is 23.9 Å². The van der Waals surface area contributed by atoms with Gasteiger partial charge in [0, 0.05) is 51.8 Å². The van der Waals surface area contributed by atoms with Gasteiger partial charge in [0.2, 0.25) is 11.9 Å². The third-order valence-electron chi connectivity index (χ3n) is 6.43. The van der Waals surface area contributed by atoms with E-state index >= 15 is 0 Å². The Morgan fingerprint density at radius 3 is 2.59 bits per heavy atom. The van der Waals surface area contributed by atoms with Crippen molar-refractivity contribution in [1.82, 2.24) is 19.9 Å². The molecule has 184 valence electrons. The number of hydrogen-bond acceptors (Lipinski definition) is 7. The Labute approximate surface area is 196 Å². The summed E-state index contributed by atoms with van der Waals surface area (Å²) in [7, 11) is 1.66. The van der Waals surface area contributed by atoms with Gasteiger partial charge < -0.3 is 19.9 Å². The lowest BCUT2D eigenvalue weighted by Crippen LogP contribution is -2.37. The molecular weight excluding hydrogens is 449 g/mol. The number of nitrogens with one attached hydrogen (secondary N) is 1. The van der Waals surface area contributed by atoms with E-state index in [9.17, 15) is 18.0 Å². The molecule has 2 fully saturated rings. The molecule has 2 aliphatic rings. The van der Waals surface area contributed by atoms with Gasteiger partial charge in [-0.25, -0.2) is 9.97 Å². The third-order valence-corrected chi connectivity index (χ3v) is 6.43. The van der Waals surface area contributed by atoms with Crippen molar-refractivity contribution in [2.75, 3.05) is 43.6 Å². The molecule has 8 nitrogen and oxygen atoms in total. The first-order chi connectivity index (χ1) is 16.2. The van der Waals surface area contributed by atoms with Crippen molar-refractivity contribution in [2.24, 2.45) is 0 Å². The maximum absolute atomic E-state index is 13.2. The smallest absolute Gasteiger partial charge is 0.383 e. The van der Waals surface area contributed by atoms with Gasteiger partial charge in [-0.2, -0.15) is 18.2 Å². The van der Waals surface area contributed by atoms with Crippen molar-refractivity contribution in [3.05, 3.63) is 35.7 Å². The predicted molar refractivity (Wildman–Crippen MR) is 121 cm³/mol. The van der Waals surface area contributed by atoms with Gasteiger partial charge in [0.25, 0.3) is 0 Å². The number of ether oxygens (including phenoxy) is 1. The molecule has 1 N–H and O–H groups in total. The molecule has 2 aliphatic heterocycles. The van der Waals surface area contributed by atoms with Crippen LogP contribution in [0.25, 0.3) is 0 Å². The fraction of sp³-hybridized carbons (Fsp3) is 0.565. The molecule has 1 amide bonds. The number of aromatic nitrogens is 3. The molecule has 0 aromatic carbocycles. The van der Waals surface area contributed by atoms with Crippen LogP contribution in [0.2, 0.25) is 0 Å². The lowest BCUT2D eigenvalue weighted by molar-refractivity contribution is -0.137. The Morgan fingerprint density at radius 1 is 1.15 bits per heavy atom. The normalized spacial score (nSPS) is 19.5. The van der Waals surface area contributed by atoms with Crippen molar-refractivity contribution in [2.45, 2.75) is 50.7 Å². The van der Waals surface area contributed by atoms with Crippen LogP contribution in [0.3, 0.4) is 0 Å². The highest BCUT2D eigenvalue weighted by Gasteiger charge is 2.32. The van der Waals surface area contributed by atoms with E-state index in [1.807, 2.05) is 4.90 Å². The zero-order valence-electron chi connectivity index (χ0n) is 19.3. The minimum absolute atomic E-state index is 0.0549. The standard InChI is InChI=1S/C23H29F3N6O2/c1-15(33)31-10-6-16(7-11-31)19-13-21(29-20-12-17(5-8-27-20)23(24,25)26)30-22(28-19)32-9-3-4-18(32)14-34-2/h5,8,12-13,16,18H,3-4,6-7,9-11,14H2,1-2H3,(H,27,28,29,30)/t18-/m1/s1. The number of carbonyl (C=O) groups is 1. The highest BCUT2D eigenvalue weighted by molar-refractivity contribution is 5.73. The van der Waals surface area contributed by atoms with Crippen LogP contribution < -0.4 is 10.2 Å². The van der Waals surface area contributed by atoms with Gasteiger partial charge in [-0.15, -0.1) is 0 Å². The highest BCUT2D eigenvalue weighted by atomic mass is 19.4. The van der Waals surface area contributed by atoms with Gasteiger partial charge in [-0.1, -0.05) is 0 Å². The maximum Gasteiger partial charge on any atom is 0.416 e. The molecule has 2 aromatic heterocycles. The van der Waals surface area contributed by atoms with Crippen LogP contribution in [0.15, 0.2) is 24.4 Å². The van der Waals surface area contributed by atoms with Gasteiger partial charge in [-0.3, -0.25) is 4.79 Å². The average Bonchev–Trinajstić information content (AvgIpc) is 3.27. The van der Waals surface area contributed by atoms with Crippen LogP contribution >= 0.6 is 0 Å². The summed E-state index contributed by atoms with van der Waals surface area (Å²) in [5.74, 6) is 1.16. The zero-order chi connectivity index (χ0) is 24.3. The van der Waals surface area contributed by atoms with E-state index in [-0.39, 0.29) is 23.7 Å². The summed E-state index contributed by atoms with van der Waals surface area (Å²) in [5.41, 5.74) is 0.0292. The van der Waals surface area contributed by atoms with Crippen molar-refractivity contribution in [1.29, 1.82) is 0 Å². The molecule has 0 radical (unpaired) electrons. The van der Waals surface area contributed by atoms with Crippen LogP contribution in [0, 0.1) is 0 Å². The lowest BCUT2D eigenvalue weighted by atomic mass is 9.93. The molecule has 1 atom stereocenters. The quantitative estimate of drug-likeness (QED) is 0.673. The number of piperidine rings is 1. The summed E-state index contributed by atoms with van der Waals surface area (Å²) in [6.07, 6.45) is 0.125. The Morgan fingerprint density at radius 2 is 1.91 bits per heavy atom. The Bertz CT molecular complexity index is 1010. The van der Waals surface area contributed by atoms with E-state index in [1.54, 1.807) is 20.1 Å². The van der Waals surface area contributed by atoms with E-state index < -0.39 is 11.7 Å². The van der Waals surface area contributed by atoms with Crippen molar-refractivity contribution in [3.63, 3.8) is 0 Å². The van der Waals surface area contributed by atoms with Crippen molar-refractivity contribution in [3.8, 4) is 0 Å². The summed E-state index contributed by atoms with van der Waals surface area (Å²) in [5, 5.41) is 2.95. The minimum Gasteiger partial charge on any atom is -0.383 e. The summed E-state index contributed by atoms with van der Waals surface area (Å²) in [4.78, 5) is 29.2. The lowest BCUT2D eigenvalue weighted by Gasteiger charge is -2.32. The van der Waals surface area contributed by atoms with E-state index in [0.29, 0.717) is 31.5 Å². The minimum atomic E-state index is -4.46. The SMILES string of the molecule is COC[C@H]1CCCN1c1nc(Nc2cc(C(F)(F)F)ccn2)cc(C2CCN(C(C)=O)CC2)n1. The Hall–Kier alpha value is -2.95. The molecule has 0 unspecified atom stereocenters. The van der Waals surface area contributed by atoms with E-state index in [2.05, 4.69) is 20.2 Å². The largest absolute Gasteiger partial charge is 0.416 e. The van der Waals surface area contributed by atoms with Crippen molar-refractivity contribution >= 4 is 23.5 Å². The molecule has 0 saturated carbocycles. The topological polar surface area (TPSA) is 83.5 Å². The molecule has 2 saturated heterocycles. The predicted octanol–water partition coefficient (Wildman–Crippen LogP) is 3.98. The van der Waals surface area contributed by atoms with E-state index in [0.717, 1.165) is 56.3 Å².